The summed E-state index contributed by atoms with van der Waals surface area (Å²) in [6.07, 6.45) is 1.47. The third-order valence-corrected chi connectivity index (χ3v) is 3.35. The smallest absolute Gasteiger partial charge is 0.272 e. The van der Waals surface area contributed by atoms with Gasteiger partial charge in [0.1, 0.15) is 11.2 Å². The van der Waals surface area contributed by atoms with Crippen LogP contribution in [0.3, 0.4) is 0 Å². The van der Waals surface area contributed by atoms with Gasteiger partial charge in [-0.3, -0.25) is 9.78 Å². The van der Waals surface area contributed by atoms with E-state index in [-0.39, 0.29) is 11.6 Å². The third kappa shape index (κ3) is 4.13. The number of nitrogens with one attached hydrogen (secondary N) is 1. The van der Waals surface area contributed by atoms with E-state index in [1.807, 2.05) is 13.8 Å². The van der Waals surface area contributed by atoms with Crippen LogP contribution in [0.25, 0.3) is 0 Å². The van der Waals surface area contributed by atoms with Gasteiger partial charge >= 0.3 is 0 Å². The Kier molecular flexibility index (Phi) is 6.54. The third-order valence-electron chi connectivity index (χ3n) is 3.35. The minimum atomic E-state index is -1.24. The summed E-state index contributed by atoms with van der Waals surface area (Å²) in [5.74, 6) is -0.189. The van der Waals surface area contributed by atoms with Crippen LogP contribution in [-0.4, -0.2) is 69.6 Å². The van der Waals surface area contributed by atoms with Crippen LogP contribution in [-0.2, 0) is 0 Å². The molecule has 0 fully saturated rings. The van der Waals surface area contributed by atoms with Crippen molar-refractivity contribution in [2.45, 2.75) is 19.4 Å². The molecule has 4 N–H and O–H groups in total. The molecule has 118 valence electrons. The summed E-state index contributed by atoms with van der Waals surface area (Å²) in [5, 5.41) is 30.8. The van der Waals surface area contributed by atoms with E-state index in [0.717, 1.165) is 0 Å². The number of pyridine rings is 1. The maximum absolute atomic E-state index is 12.2. The second-order valence-electron chi connectivity index (χ2n) is 4.79. The van der Waals surface area contributed by atoms with Gasteiger partial charge in [0.15, 0.2) is 0 Å². The number of aromatic nitrogens is 1. The van der Waals surface area contributed by atoms with E-state index in [9.17, 15) is 20.1 Å². The number of hydrogen-bond donors (Lipinski definition) is 4. The number of amides is 1. The number of rotatable bonds is 8. The van der Waals surface area contributed by atoms with Crippen molar-refractivity contribution in [3.05, 3.63) is 24.0 Å². The van der Waals surface area contributed by atoms with Crippen LogP contribution in [0.2, 0.25) is 0 Å². The molecule has 0 unspecified atom stereocenters. The second kappa shape index (κ2) is 7.92. The Morgan fingerprint density at radius 3 is 2.29 bits per heavy atom. The number of hydrogen-bond acceptors (Lipinski definition) is 6. The lowest BCUT2D eigenvalue weighted by molar-refractivity contribution is 0.0767. The van der Waals surface area contributed by atoms with Crippen molar-refractivity contribution in [3.63, 3.8) is 0 Å². The second-order valence-corrected chi connectivity index (χ2v) is 4.79. The van der Waals surface area contributed by atoms with E-state index in [1.54, 1.807) is 11.0 Å². The van der Waals surface area contributed by atoms with Gasteiger partial charge < -0.3 is 25.5 Å². The zero-order chi connectivity index (χ0) is 15.9. The zero-order valence-corrected chi connectivity index (χ0v) is 12.4. The molecule has 0 saturated carbocycles. The Bertz CT molecular complexity index is 451. The maximum atomic E-state index is 12.2. The van der Waals surface area contributed by atoms with Crippen LogP contribution in [0, 0.1) is 0 Å². The fraction of sp³-hybridized carbons (Fsp3) is 0.571. The van der Waals surface area contributed by atoms with E-state index < -0.39 is 25.4 Å². The van der Waals surface area contributed by atoms with Gasteiger partial charge in [-0.2, -0.15) is 0 Å². The first-order valence-corrected chi connectivity index (χ1v) is 6.91. The van der Waals surface area contributed by atoms with Gasteiger partial charge in [-0.25, -0.2) is 0 Å². The first-order valence-electron chi connectivity index (χ1n) is 6.91. The molecule has 0 aliphatic rings. The highest BCUT2D eigenvalue weighted by Gasteiger charge is 2.28. The zero-order valence-electron chi connectivity index (χ0n) is 12.4. The summed E-state index contributed by atoms with van der Waals surface area (Å²) in [6, 6.07) is 3.14. The van der Waals surface area contributed by atoms with Crippen LogP contribution in [0.1, 0.15) is 24.3 Å². The Morgan fingerprint density at radius 1 is 1.24 bits per heavy atom. The van der Waals surface area contributed by atoms with Crippen molar-refractivity contribution in [2.24, 2.45) is 0 Å². The van der Waals surface area contributed by atoms with E-state index >= 15 is 0 Å². The highest BCUT2D eigenvalue weighted by molar-refractivity contribution is 5.93. The van der Waals surface area contributed by atoms with Crippen molar-refractivity contribution < 1.29 is 20.1 Å². The predicted octanol–water partition coefficient (Wildman–Crippen LogP) is -0.309. The molecule has 0 spiro atoms. The van der Waals surface area contributed by atoms with Crippen LogP contribution in [0.5, 0.6) is 0 Å². The molecule has 1 rings (SSSR count). The van der Waals surface area contributed by atoms with Crippen molar-refractivity contribution in [1.82, 2.24) is 9.88 Å². The number of aliphatic hydroxyl groups is 3. The fourth-order valence-corrected chi connectivity index (χ4v) is 1.87. The Hall–Kier alpha value is -1.70. The Balaban J connectivity index is 2.98. The molecule has 7 nitrogen and oxygen atoms in total. The van der Waals surface area contributed by atoms with Gasteiger partial charge in [-0.05, 0) is 26.0 Å². The molecule has 1 amide bonds. The summed E-state index contributed by atoms with van der Waals surface area (Å²) in [5.41, 5.74) is -0.472. The van der Waals surface area contributed by atoms with Gasteiger partial charge in [0.25, 0.3) is 5.91 Å². The van der Waals surface area contributed by atoms with E-state index in [2.05, 4.69) is 10.3 Å². The minimum Gasteiger partial charge on any atom is -0.394 e. The monoisotopic (exact) mass is 297 g/mol. The number of aliphatic hydroxyl groups excluding tert-OH is 3. The lowest BCUT2D eigenvalue weighted by Crippen LogP contribution is -2.49. The first-order chi connectivity index (χ1) is 10.1. The van der Waals surface area contributed by atoms with Gasteiger partial charge in [-0.15, -0.1) is 0 Å². The van der Waals surface area contributed by atoms with Gasteiger partial charge in [0, 0.05) is 25.0 Å². The lowest BCUT2D eigenvalue weighted by Gasteiger charge is -2.30. The summed E-state index contributed by atoms with van der Waals surface area (Å²) >= 11 is 0. The fourth-order valence-electron chi connectivity index (χ4n) is 1.87. The van der Waals surface area contributed by atoms with Crippen LogP contribution in [0.15, 0.2) is 18.3 Å². The average molecular weight is 297 g/mol. The number of anilines is 1. The molecule has 7 heteroatoms. The molecule has 0 atom stereocenters. The van der Waals surface area contributed by atoms with Crippen LogP contribution in [0.4, 0.5) is 5.69 Å². The number of nitrogens with zero attached hydrogens (tertiary/aromatic N) is 2. The van der Waals surface area contributed by atoms with Gasteiger partial charge in [-0.1, -0.05) is 0 Å². The van der Waals surface area contributed by atoms with Crippen molar-refractivity contribution >= 4 is 11.6 Å². The SMILES string of the molecule is CCN(CC)C(=O)c1cc(NC(CO)(CO)CO)ccn1. The normalized spacial score (nSPS) is 11.3. The molecular formula is C14H23N3O4. The maximum Gasteiger partial charge on any atom is 0.272 e. The molecule has 21 heavy (non-hydrogen) atoms. The predicted molar refractivity (Wildman–Crippen MR) is 79.1 cm³/mol. The standard InChI is InChI=1S/C14H23N3O4/c1-3-17(4-2)13(21)12-7-11(5-6-15-12)16-14(8-18,9-19)10-20/h5-7,18-20H,3-4,8-10H2,1-2H3,(H,15,16). The highest BCUT2D eigenvalue weighted by atomic mass is 16.3. The van der Waals surface area contributed by atoms with Crippen LogP contribution < -0.4 is 5.32 Å². The molecule has 0 saturated heterocycles. The van der Waals surface area contributed by atoms with Crippen molar-refractivity contribution in [3.8, 4) is 0 Å². The molecule has 0 aliphatic heterocycles. The molecule has 1 heterocycles. The Morgan fingerprint density at radius 2 is 1.81 bits per heavy atom. The summed E-state index contributed by atoms with van der Waals surface area (Å²) in [7, 11) is 0. The molecule has 1 aromatic rings. The van der Waals surface area contributed by atoms with Crippen molar-refractivity contribution in [1.29, 1.82) is 0 Å². The first kappa shape index (κ1) is 17.4. The van der Waals surface area contributed by atoms with Crippen LogP contribution >= 0.6 is 0 Å². The van der Waals surface area contributed by atoms with Gasteiger partial charge in [0.05, 0.1) is 19.8 Å². The summed E-state index contributed by atoms with van der Waals surface area (Å²) in [6.45, 7) is 3.62. The number of carbonyl (C=O) groups excluding carboxylic acids is 1. The highest BCUT2D eigenvalue weighted by Crippen LogP contribution is 2.16. The topological polar surface area (TPSA) is 106 Å². The van der Waals surface area contributed by atoms with E-state index in [4.69, 9.17) is 0 Å². The molecule has 0 aromatic carbocycles. The largest absolute Gasteiger partial charge is 0.394 e. The van der Waals surface area contributed by atoms with E-state index in [1.165, 1.54) is 12.3 Å². The number of carbonyl (C=O) groups is 1. The summed E-state index contributed by atoms with van der Waals surface area (Å²) in [4.78, 5) is 17.9. The average Bonchev–Trinajstić information content (AvgIpc) is 2.54. The van der Waals surface area contributed by atoms with E-state index in [0.29, 0.717) is 18.8 Å². The van der Waals surface area contributed by atoms with Crippen molar-refractivity contribution in [2.75, 3.05) is 38.2 Å². The molecule has 0 radical (unpaired) electrons. The lowest BCUT2D eigenvalue weighted by atomic mass is 10.0. The summed E-state index contributed by atoms with van der Waals surface area (Å²) < 4.78 is 0. The molecule has 1 aromatic heterocycles. The molecular weight excluding hydrogens is 274 g/mol. The molecule has 0 bridgehead atoms. The van der Waals surface area contributed by atoms with Gasteiger partial charge in [0.2, 0.25) is 0 Å². The Labute approximate surface area is 124 Å². The minimum absolute atomic E-state index is 0.189. The molecule has 0 aliphatic carbocycles. The quantitative estimate of drug-likeness (QED) is 0.524.